The minimum absolute atomic E-state index is 0.398. The Hall–Kier alpha value is -2.51. The number of nitrogens with zero attached hydrogens (tertiary/aromatic N) is 4. The molecule has 0 atom stereocenters. The Labute approximate surface area is 103 Å². The number of aromatic nitrogens is 5. The van der Waals surface area contributed by atoms with Gasteiger partial charge in [-0.15, -0.1) is 10.2 Å². The van der Waals surface area contributed by atoms with Crippen molar-refractivity contribution in [3.8, 4) is 0 Å². The molecule has 0 unspecified atom stereocenters. The average molecular weight is 248 g/mol. The van der Waals surface area contributed by atoms with Crippen molar-refractivity contribution < 1.29 is 9.53 Å². The van der Waals surface area contributed by atoms with Crippen LogP contribution < -0.4 is 5.32 Å². The van der Waals surface area contributed by atoms with Crippen molar-refractivity contribution in [3.05, 3.63) is 29.2 Å². The number of rotatable bonds is 4. The van der Waals surface area contributed by atoms with Gasteiger partial charge in [-0.3, -0.25) is 0 Å². The summed E-state index contributed by atoms with van der Waals surface area (Å²) in [6, 6.07) is 3.35. The molecule has 0 saturated heterocycles. The van der Waals surface area contributed by atoms with Gasteiger partial charge in [-0.1, -0.05) is 5.21 Å². The Kier molecular flexibility index (Phi) is 3.46. The Balaban J connectivity index is 2.07. The minimum Gasteiger partial charge on any atom is -0.465 e. The first-order valence-electron chi connectivity index (χ1n) is 5.23. The van der Waals surface area contributed by atoms with Gasteiger partial charge in [-0.2, -0.15) is 5.21 Å². The highest BCUT2D eigenvalue weighted by Gasteiger charge is 2.10. The van der Waals surface area contributed by atoms with Gasteiger partial charge in [0.15, 0.2) is 5.82 Å². The van der Waals surface area contributed by atoms with Gasteiger partial charge in [0.05, 0.1) is 24.9 Å². The number of tetrazole rings is 1. The first kappa shape index (κ1) is 12.0. The smallest absolute Gasteiger partial charge is 0.339 e. The van der Waals surface area contributed by atoms with E-state index in [4.69, 9.17) is 0 Å². The molecular weight excluding hydrogens is 236 g/mol. The molecule has 94 valence electrons. The first-order chi connectivity index (χ1) is 8.70. The molecule has 2 rings (SSSR count). The molecule has 0 spiro atoms. The number of ether oxygens (including phenoxy) is 1. The summed E-state index contributed by atoms with van der Waals surface area (Å²) in [5, 5.41) is 16.4. The Bertz CT molecular complexity index is 539. The van der Waals surface area contributed by atoms with E-state index in [9.17, 15) is 4.79 Å². The van der Waals surface area contributed by atoms with E-state index in [1.54, 1.807) is 19.1 Å². The Morgan fingerprint density at radius 3 is 2.94 bits per heavy atom. The number of pyridine rings is 1. The fraction of sp³-hybridized carbons (Fsp3) is 0.300. The van der Waals surface area contributed by atoms with Crippen LogP contribution in [0, 0.1) is 6.92 Å². The Morgan fingerprint density at radius 2 is 2.33 bits per heavy atom. The number of esters is 1. The molecule has 2 heterocycles. The summed E-state index contributed by atoms with van der Waals surface area (Å²) in [7, 11) is 1.34. The van der Waals surface area contributed by atoms with Crippen LogP contribution in [0.15, 0.2) is 12.1 Å². The van der Waals surface area contributed by atoms with E-state index in [0.29, 0.717) is 29.4 Å². The van der Waals surface area contributed by atoms with Crippen molar-refractivity contribution in [2.75, 3.05) is 12.4 Å². The quantitative estimate of drug-likeness (QED) is 0.749. The molecule has 18 heavy (non-hydrogen) atoms. The summed E-state index contributed by atoms with van der Waals surface area (Å²) in [6.45, 7) is 2.15. The van der Waals surface area contributed by atoms with E-state index in [-0.39, 0.29) is 0 Å². The largest absolute Gasteiger partial charge is 0.465 e. The fourth-order valence-electron chi connectivity index (χ4n) is 1.41. The SMILES string of the molecule is COC(=O)c1ccc(NCc2nn[nH]n2)nc1C. The number of nitrogens with one attached hydrogen (secondary N) is 2. The van der Waals surface area contributed by atoms with Crippen LogP contribution in [0.3, 0.4) is 0 Å². The predicted molar refractivity (Wildman–Crippen MR) is 61.8 cm³/mol. The van der Waals surface area contributed by atoms with Gasteiger partial charge in [-0.25, -0.2) is 9.78 Å². The molecule has 0 aliphatic carbocycles. The number of methoxy groups -OCH3 is 1. The highest BCUT2D eigenvalue weighted by Crippen LogP contribution is 2.11. The van der Waals surface area contributed by atoms with Crippen LogP contribution in [-0.2, 0) is 11.3 Å². The molecule has 0 amide bonds. The highest BCUT2D eigenvalue weighted by molar-refractivity contribution is 5.90. The van der Waals surface area contributed by atoms with Gasteiger partial charge in [0, 0.05) is 0 Å². The van der Waals surface area contributed by atoms with Crippen molar-refractivity contribution >= 4 is 11.8 Å². The molecule has 0 fully saturated rings. The summed E-state index contributed by atoms with van der Waals surface area (Å²) >= 11 is 0. The number of H-pyrrole nitrogens is 1. The van der Waals surface area contributed by atoms with E-state index in [1.807, 2.05) is 0 Å². The van der Waals surface area contributed by atoms with Crippen molar-refractivity contribution in [3.63, 3.8) is 0 Å². The van der Waals surface area contributed by atoms with E-state index >= 15 is 0 Å². The third-order valence-electron chi connectivity index (χ3n) is 2.31. The lowest BCUT2D eigenvalue weighted by Gasteiger charge is -2.06. The molecule has 8 nitrogen and oxygen atoms in total. The molecule has 0 saturated carbocycles. The van der Waals surface area contributed by atoms with Crippen LogP contribution in [0.1, 0.15) is 21.9 Å². The van der Waals surface area contributed by atoms with Gasteiger partial charge in [-0.05, 0) is 19.1 Å². The molecule has 2 aromatic heterocycles. The second-order valence-electron chi connectivity index (χ2n) is 3.50. The lowest BCUT2D eigenvalue weighted by Crippen LogP contribution is -2.08. The number of hydrogen-bond acceptors (Lipinski definition) is 7. The topological polar surface area (TPSA) is 106 Å². The zero-order chi connectivity index (χ0) is 13.0. The molecule has 2 aromatic rings. The van der Waals surface area contributed by atoms with Crippen LogP contribution in [0.25, 0.3) is 0 Å². The van der Waals surface area contributed by atoms with E-state index < -0.39 is 5.97 Å². The highest BCUT2D eigenvalue weighted by atomic mass is 16.5. The monoisotopic (exact) mass is 248 g/mol. The fourth-order valence-corrected chi connectivity index (χ4v) is 1.41. The second-order valence-corrected chi connectivity index (χ2v) is 3.50. The van der Waals surface area contributed by atoms with Crippen LogP contribution in [0.4, 0.5) is 5.82 Å². The number of carbonyl (C=O) groups is 1. The van der Waals surface area contributed by atoms with Gasteiger partial charge in [0.1, 0.15) is 5.82 Å². The zero-order valence-electron chi connectivity index (χ0n) is 9.97. The number of carbonyl (C=O) groups excluding carboxylic acids is 1. The first-order valence-corrected chi connectivity index (χ1v) is 5.23. The summed E-state index contributed by atoms with van der Waals surface area (Å²) in [4.78, 5) is 15.6. The third-order valence-corrected chi connectivity index (χ3v) is 2.31. The average Bonchev–Trinajstić information content (AvgIpc) is 2.88. The minimum atomic E-state index is -0.398. The van der Waals surface area contributed by atoms with Crippen LogP contribution in [0.5, 0.6) is 0 Å². The zero-order valence-corrected chi connectivity index (χ0v) is 9.97. The van der Waals surface area contributed by atoms with Crippen molar-refractivity contribution in [1.29, 1.82) is 0 Å². The van der Waals surface area contributed by atoms with Gasteiger partial charge in [0.2, 0.25) is 0 Å². The van der Waals surface area contributed by atoms with Gasteiger partial charge >= 0.3 is 5.97 Å². The standard InChI is InChI=1S/C10H12N6O2/c1-6-7(10(17)18-2)3-4-8(12-6)11-5-9-13-15-16-14-9/h3-4H,5H2,1-2H3,(H,11,12)(H,13,14,15,16). The van der Waals surface area contributed by atoms with E-state index in [2.05, 4.69) is 35.7 Å². The molecule has 0 radical (unpaired) electrons. The molecular formula is C10H12N6O2. The number of aryl methyl sites for hydroxylation is 1. The number of hydrogen-bond donors (Lipinski definition) is 2. The molecule has 0 aliphatic heterocycles. The molecule has 0 aromatic carbocycles. The van der Waals surface area contributed by atoms with Crippen LogP contribution >= 0.6 is 0 Å². The van der Waals surface area contributed by atoms with Crippen molar-refractivity contribution in [2.24, 2.45) is 0 Å². The van der Waals surface area contributed by atoms with E-state index in [0.717, 1.165) is 0 Å². The van der Waals surface area contributed by atoms with Gasteiger partial charge < -0.3 is 10.1 Å². The van der Waals surface area contributed by atoms with Crippen LogP contribution in [-0.4, -0.2) is 38.7 Å². The summed E-state index contributed by atoms with van der Waals surface area (Å²) in [5.74, 6) is 0.765. The van der Waals surface area contributed by atoms with Crippen LogP contribution in [0.2, 0.25) is 0 Å². The van der Waals surface area contributed by atoms with Crippen molar-refractivity contribution in [1.82, 2.24) is 25.6 Å². The molecule has 0 aliphatic rings. The summed E-state index contributed by atoms with van der Waals surface area (Å²) in [6.07, 6.45) is 0. The normalized spacial score (nSPS) is 10.1. The molecule has 2 N–H and O–H groups in total. The number of aromatic amines is 1. The number of anilines is 1. The maximum atomic E-state index is 11.4. The molecule has 0 bridgehead atoms. The lowest BCUT2D eigenvalue weighted by atomic mass is 10.2. The van der Waals surface area contributed by atoms with Crippen molar-refractivity contribution in [2.45, 2.75) is 13.5 Å². The summed E-state index contributed by atoms with van der Waals surface area (Å²) in [5.41, 5.74) is 1.04. The molecule has 8 heteroatoms. The summed E-state index contributed by atoms with van der Waals surface area (Å²) < 4.78 is 4.64. The Morgan fingerprint density at radius 1 is 1.50 bits per heavy atom. The maximum absolute atomic E-state index is 11.4. The lowest BCUT2D eigenvalue weighted by molar-refractivity contribution is 0.0599. The second kappa shape index (κ2) is 5.21. The van der Waals surface area contributed by atoms with E-state index in [1.165, 1.54) is 7.11 Å². The maximum Gasteiger partial charge on any atom is 0.339 e. The third kappa shape index (κ3) is 2.59. The van der Waals surface area contributed by atoms with Gasteiger partial charge in [0.25, 0.3) is 0 Å². The predicted octanol–water partition coefficient (Wildman–Crippen LogP) is 0.302.